The summed E-state index contributed by atoms with van der Waals surface area (Å²) in [6.07, 6.45) is 0. The van der Waals surface area contributed by atoms with Gasteiger partial charge >= 0.3 is 0 Å². The summed E-state index contributed by atoms with van der Waals surface area (Å²) in [5.41, 5.74) is 3.58. The maximum Gasteiger partial charge on any atom is 0.261 e. The fourth-order valence-electron chi connectivity index (χ4n) is 2.59. The maximum atomic E-state index is 12.5. The van der Waals surface area contributed by atoms with Crippen LogP contribution in [-0.4, -0.2) is 23.4 Å². The van der Waals surface area contributed by atoms with Crippen LogP contribution in [0.2, 0.25) is 0 Å². The van der Waals surface area contributed by atoms with Crippen molar-refractivity contribution in [3.63, 3.8) is 0 Å². The lowest BCUT2D eigenvalue weighted by atomic mass is 10.2. The van der Waals surface area contributed by atoms with Crippen LogP contribution in [0.25, 0.3) is 16.7 Å². The molecule has 1 N–H and O–H groups in total. The quantitative estimate of drug-likeness (QED) is 0.601. The van der Waals surface area contributed by atoms with Gasteiger partial charge in [-0.15, -0.1) is 10.2 Å². The topological polar surface area (TPSA) is 76.9 Å². The number of para-hydroxylation sites is 1. The fraction of sp³-hybridized carbons (Fsp3) is 0.0526. The molecule has 0 radical (unpaired) electrons. The average Bonchev–Trinajstić information content (AvgIpc) is 3.06. The molecule has 0 fully saturated rings. The van der Waals surface area contributed by atoms with Gasteiger partial charge in [0.15, 0.2) is 0 Å². The molecule has 1 heterocycles. The van der Waals surface area contributed by atoms with Crippen molar-refractivity contribution < 1.29 is 8.42 Å². The first-order valence-electron chi connectivity index (χ1n) is 8.03. The van der Waals surface area contributed by atoms with Gasteiger partial charge in [-0.1, -0.05) is 35.9 Å². The van der Waals surface area contributed by atoms with Gasteiger partial charge in [0, 0.05) is 0 Å². The van der Waals surface area contributed by atoms with Gasteiger partial charge < -0.3 is 0 Å². The zero-order chi connectivity index (χ0) is 18.1. The molecule has 1 aromatic heterocycles. The van der Waals surface area contributed by atoms with E-state index >= 15 is 0 Å². The van der Waals surface area contributed by atoms with Crippen molar-refractivity contribution in [3.05, 3.63) is 78.4 Å². The number of hydrogen-bond donors (Lipinski definition) is 1. The van der Waals surface area contributed by atoms with Gasteiger partial charge in [-0.05, 0) is 49.4 Å². The Hall–Kier alpha value is -3.19. The Kier molecular flexibility index (Phi) is 3.93. The first-order valence-corrected chi connectivity index (χ1v) is 9.52. The molecule has 4 rings (SSSR count). The summed E-state index contributed by atoms with van der Waals surface area (Å²) < 4.78 is 27.6. The van der Waals surface area contributed by atoms with Gasteiger partial charge in [0.2, 0.25) is 0 Å². The molecule has 0 amide bonds. The first kappa shape index (κ1) is 16.3. The van der Waals surface area contributed by atoms with Gasteiger partial charge in [-0.2, -0.15) is 4.80 Å². The summed E-state index contributed by atoms with van der Waals surface area (Å²) in [5, 5.41) is 8.85. The molecule has 0 aliphatic carbocycles. The van der Waals surface area contributed by atoms with E-state index in [9.17, 15) is 8.42 Å². The predicted octanol–water partition coefficient (Wildman–Crippen LogP) is 3.53. The number of benzene rings is 3. The van der Waals surface area contributed by atoms with E-state index < -0.39 is 10.0 Å². The van der Waals surface area contributed by atoms with Crippen molar-refractivity contribution in [3.8, 4) is 5.69 Å². The summed E-state index contributed by atoms with van der Waals surface area (Å²) >= 11 is 0. The highest BCUT2D eigenvalue weighted by molar-refractivity contribution is 7.92. The van der Waals surface area contributed by atoms with Crippen LogP contribution >= 0.6 is 0 Å². The SMILES string of the molecule is Cc1ccc(S(=O)(=O)Nc2ccc3nn(-c4ccccc4)nc3c2)cc1. The van der Waals surface area contributed by atoms with Gasteiger partial charge in [0.25, 0.3) is 10.0 Å². The van der Waals surface area contributed by atoms with Gasteiger partial charge in [0.1, 0.15) is 11.0 Å². The van der Waals surface area contributed by atoms with Gasteiger partial charge in [-0.25, -0.2) is 8.42 Å². The van der Waals surface area contributed by atoms with E-state index in [0.29, 0.717) is 16.7 Å². The lowest BCUT2D eigenvalue weighted by molar-refractivity contribution is 0.601. The van der Waals surface area contributed by atoms with Crippen molar-refractivity contribution in [2.75, 3.05) is 4.72 Å². The summed E-state index contributed by atoms with van der Waals surface area (Å²) in [7, 11) is -3.65. The molecule has 0 unspecified atom stereocenters. The van der Waals surface area contributed by atoms with Crippen LogP contribution < -0.4 is 4.72 Å². The van der Waals surface area contributed by atoms with Crippen molar-refractivity contribution in [1.82, 2.24) is 15.0 Å². The molecule has 130 valence electrons. The minimum absolute atomic E-state index is 0.219. The summed E-state index contributed by atoms with van der Waals surface area (Å²) in [6.45, 7) is 1.91. The van der Waals surface area contributed by atoms with Crippen LogP contribution in [0, 0.1) is 6.92 Å². The lowest BCUT2D eigenvalue weighted by Gasteiger charge is -2.08. The molecule has 3 aromatic carbocycles. The molecule has 0 saturated carbocycles. The Morgan fingerprint density at radius 3 is 2.27 bits per heavy atom. The molecule has 26 heavy (non-hydrogen) atoms. The Morgan fingerprint density at radius 2 is 1.54 bits per heavy atom. The largest absolute Gasteiger partial charge is 0.280 e. The zero-order valence-electron chi connectivity index (χ0n) is 14.0. The van der Waals surface area contributed by atoms with Crippen molar-refractivity contribution >= 4 is 26.7 Å². The van der Waals surface area contributed by atoms with E-state index in [-0.39, 0.29) is 4.90 Å². The van der Waals surface area contributed by atoms with E-state index in [1.54, 1.807) is 42.5 Å². The van der Waals surface area contributed by atoms with Crippen molar-refractivity contribution in [2.24, 2.45) is 0 Å². The monoisotopic (exact) mass is 364 g/mol. The second kappa shape index (κ2) is 6.27. The molecular weight excluding hydrogens is 348 g/mol. The molecule has 0 atom stereocenters. The molecule has 0 saturated heterocycles. The average molecular weight is 364 g/mol. The van der Waals surface area contributed by atoms with Crippen molar-refractivity contribution in [2.45, 2.75) is 11.8 Å². The number of nitrogens with zero attached hydrogens (tertiary/aromatic N) is 3. The highest BCUT2D eigenvalue weighted by Gasteiger charge is 2.15. The number of aromatic nitrogens is 3. The van der Waals surface area contributed by atoms with Crippen LogP contribution in [-0.2, 0) is 10.0 Å². The maximum absolute atomic E-state index is 12.5. The highest BCUT2D eigenvalue weighted by atomic mass is 32.2. The van der Waals surface area contributed by atoms with Crippen LogP contribution in [0.1, 0.15) is 5.56 Å². The second-order valence-corrected chi connectivity index (χ2v) is 7.63. The van der Waals surface area contributed by atoms with Crippen LogP contribution in [0.15, 0.2) is 77.7 Å². The van der Waals surface area contributed by atoms with E-state index in [1.165, 1.54) is 4.80 Å². The summed E-state index contributed by atoms with van der Waals surface area (Å²) in [6, 6.07) is 21.3. The molecular formula is C19H16N4O2S. The van der Waals surface area contributed by atoms with Crippen LogP contribution in [0.5, 0.6) is 0 Å². The minimum Gasteiger partial charge on any atom is -0.280 e. The van der Waals surface area contributed by atoms with Crippen LogP contribution in [0.3, 0.4) is 0 Å². The third-order valence-corrected chi connectivity index (χ3v) is 5.35. The standard InChI is InChI=1S/C19H16N4O2S/c1-14-7-10-17(11-8-14)26(24,25)22-15-9-12-18-19(13-15)21-23(20-18)16-5-3-2-4-6-16/h2-13,22H,1H3. The second-order valence-electron chi connectivity index (χ2n) is 5.95. The first-order chi connectivity index (χ1) is 12.5. The zero-order valence-corrected chi connectivity index (χ0v) is 14.8. The smallest absolute Gasteiger partial charge is 0.261 e. The van der Waals surface area contributed by atoms with Gasteiger partial charge in [0.05, 0.1) is 16.3 Å². The highest BCUT2D eigenvalue weighted by Crippen LogP contribution is 2.21. The van der Waals surface area contributed by atoms with E-state index in [1.807, 2.05) is 37.3 Å². The number of aryl methyl sites for hydroxylation is 1. The molecule has 0 aliphatic rings. The Labute approximate surface area is 151 Å². The lowest BCUT2D eigenvalue weighted by Crippen LogP contribution is -2.12. The number of hydrogen-bond acceptors (Lipinski definition) is 4. The molecule has 0 spiro atoms. The number of anilines is 1. The number of sulfonamides is 1. The third kappa shape index (κ3) is 3.16. The summed E-state index contributed by atoms with van der Waals surface area (Å²) in [5.74, 6) is 0. The minimum atomic E-state index is -3.65. The molecule has 6 nitrogen and oxygen atoms in total. The normalized spacial score (nSPS) is 11.6. The Balaban J connectivity index is 1.66. The van der Waals surface area contributed by atoms with E-state index in [0.717, 1.165) is 11.3 Å². The molecule has 0 bridgehead atoms. The fourth-order valence-corrected chi connectivity index (χ4v) is 3.64. The Bertz CT molecular complexity index is 1170. The third-order valence-electron chi connectivity index (χ3n) is 3.95. The number of rotatable bonds is 4. The summed E-state index contributed by atoms with van der Waals surface area (Å²) in [4.78, 5) is 1.75. The predicted molar refractivity (Wildman–Crippen MR) is 101 cm³/mol. The van der Waals surface area contributed by atoms with Gasteiger partial charge in [-0.3, -0.25) is 4.72 Å². The molecule has 4 aromatic rings. The number of nitrogens with one attached hydrogen (secondary N) is 1. The van der Waals surface area contributed by atoms with E-state index in [2.05, 4.69) is 14.9 Å². The molecule has 0 aliphatic heterocycles. The molecule has 7 heteroatoms. The van der Waals surface area contributed by atoms with Crippen LogP contribution in [0.4, 0.5) is 5.69 Å². The number of fused-ring (bicyclic) bond motifs is 1. The Morgan fingerprint density at radius 1 is 0.846 bits per heavy atom. The van der Waals surface area contributed by atoms with E-state index in [4.69, 9.17) is 0 Å². The van der Waals surface area contributed by atoms with Crippen molar-refractivity contribution in [1.29, 1.82) is 0 Å².